The highest BCUT2D eigenvalue weighted by Crippen LogP contribution is 2.45. The lowest BCUT2D eigenvalue weighted by molar-refractivity contribution is 0.282. The van der Waals surface area contributed by atoms with Crippen molar-refractivity contribution in [2.75, 3.05) is 0 Å². The molecule has 3 rings (SSSR count). The van der Waals surface area contributed by atoms with Gasteiger partial charge in [-0.25, -0.2) is 0 Å². The molecule has 8 heteroatoms. The van der Waals surface area contributed by atoms with E-state index in [4.69, 9.17) is 69.6 Å². The molecule has 1 aromatic heterocycles. The maximum absolute atomic E-state index is 9.82. The van der Waals surface area contributed by atoms with Gasteiger partial charge in [-0.15, -0.1) is 0 Å². The number of aliphatic hydroxyl groups is 1. The molecule has 1 N–H and O–H groups in total. The number of aromatic nitrogens is 1. The first kappa shape index (κ1) is 20.0. The second-order valence-electron chi connectivity index (χ2n) is 5.30. The SMILES string of the molecule is OCc1ccnc(-c2ccc(Cl)c(Cl)c2Cl)c1-c1ccc(Cl)c(Cl)c1Cl. The monoisotopic (exact) mass is 465 g/mol. The molecule has 1 heterocycles. The van der Waals surface area contributed by atoms with Gasteiger partial charge in [-0.1, -0.05) is 75.7 Å². The van der Waals surface area contributed by atoms with Gasteiger partial charge in [0.15, 0.2) is 0 Å². The van der Waals surface area contributed by atoms with Crippen LogP contribution < -0.4 is 0 Å². The van der Waals surface area contributed by atoms with Crippen LogP contribution in [0.4, 0.5) is 0 Å². The zero-order valence-corrected chi connectivity index (χ0v) is 17.4. The van der Waals surface area contributed by atoms with Crippen LogP contribution in [0.3, 0.4) is 0 Å². The predicted molar refractivity (Wildman–Crippen MR) is 111 cm³/mol. The molecule has 26 heavy (non-hydrogen) atoms. The summed E-state index contributed by atoms with van der Waals surface area (Å²) in [6.07, 6.45) is 1.56. The number of hydrogen-bond donors (Lipinski definition) is 1. The average molecular weight is 468 g/mol. The minimum Gasteiger partial charge on any atom is -0.392 e. The summed E-state index contributed by atoms with van der Waals surface area (Å²) in [4.78, 5) is 4.43. The quantitative estimate of drug-likeness (QED) is 0.398. The largest absolute Gasteiger partial charge is 0.392 e. The van der Waals surface area contributed by atoms with Crippen LogP contribution in [0.2, 0.25) is 30.1 Å². The first-order chi connectivity index (χ1) is 12.4. The number of aliphatic hydroxyl groups excluding tert-OH is 1. The van der Waals surface area contributed by atoms with Gasteiger partial charge in [0.1, 0.15) is 0 Å². The molecule has 0 saturated heterocycles. The summed E-state index contributed by atoms with van der Waals surface area (Å²) >= 11 is 37.2. The number of hydrogen-bond acceptors (Lipinski definition) is 2. The van der Waals surface area contributed by atoms with E-state index in [1.165, 1.54) is 0 Å². The Kier molecular flexibility index (Phi) is 6.25. The Hall–Kier alpha value is -0.710. The van der Waals surface area contributed by atoms with E-state index in [0.717, 1.165) is 0 Å². The summed E-state index contributed by atoms with van der Waals surface area (Å²) in [5.74, 6) is 0. The Morgan fingerprint density at radius 3 is 1.81 bits per heavy atom. The highest BCUT2D eigenvalue weighted by molar-refractivity contribution is 6.50. The third kappa shape index (κ3) is 3.53. The number of rotatable bonds is 3. The Bertz CT molecular complexity index is 1010. The molecule has 0 bridgehead atoms. The van der Waals surface area contributed by atoms with Crippen molar-refractivity contribution in [3.8, 4) is 22.4 Å². The van der Waals surface area contributed by atoms with Gasteiger partial charge in [0.05, 0.1) is 42.4 Å². The lowest BCUT2D eigenvalue weighted by atomic mass is 9.95. The fraction of sp³-hybridized carbons (Fsp3) is 0.0556. The minimum atomic E-state index is -0.236. The summed E-state index contributed by atoms with van der Waals surface area (Å²) in [5.41, 5.74) is 2.78. The molecule has 0 saturated carbocycles. The van der Waals surface area contributed by atoms with Crippen LogP contribution >= 0.6 is 69.6 Å². The van der Waals surface area contributed by atoms with Crippen molar-refractivity contribution in [2.45, 2.75) is 6.61 Å². The highest BCUT2D eigenvalue weighted by atomic mass is 35.5. The van der Waals surface area contributed by atoms with Crippen molar-refractivity contribution in [1.29, 1.82) is 0 Å². The molecule has 0 fully saturated rings. The number of nitrogens with zero attached hydrogens (tertiary/aromatic N) is 1. The molecule has 2 aromatic carbocycles. The van der Waals surface area contributed by atoms with Crippen molar-refractivity contribution in [2.24, 2.45) is 0 Å². The summed E-state index contributed by atoms with van der Waals surface area (Å²) < 4.78 is 0. The van der Waals surface area contributed by atoms with E-state index in [1.54, 1.807) is 36.5 Å². The van der Waals surface area contributed by atoms with E-state index in [-0.39, 0.29) is 26.7 Å². The van der Waals surface area contributed by atoms with Crippen molar-refractivity contribution in [3.63, 3.8) is 0 Å². The normalized spacial score (nSPS) is 11.0. The van der Waals surface area contributed by atoms with Crippen LogP contribution in [0.15, 0.2) is 36.5 Å². The van der Waals surface area contributed by atoms with E-state index in [0.29, 0.717) is 38.0 Å². The standard InChI is InChI=1S/C18H9Cl6NO/c19-11-3-1-9(14(21)16(11)23)13-8(7-26)5-6-25-18(13)10-2-4-12(20)17(24)15(10)22/h1-6,26H,7H2. The van der Waals surface area contributed by atoms with E-state index in [1.807, 2.05) is 0 Å². The first-order valence-electron chi connectivity index (χ1n) is 7.23. The Morgan fingerprint density at radius 2 is 1.23 bits per heavy atom. The van der Waals surface area contributed by atoms with Gasteiger partial charge in [0.2, 0.25) is 0 Å². The minimum absolute atomic E-state index is 0.213. The molecule has 0 aliphatic carbocycles. The molecule has 0 aliphatic rings. The molecular formula is C18H9Cl6NO. The molecule has 0 spiro atoms. The van der Waals surface area contributed by atoms with Gasteiger partial charge < -0.3 is 5.11 Å². The van der Waals surface area contributed by atoms with E-state index >= 15 is 0 Å². The smallest absolute Gasteiger partial charge is 0.0800 e. The number of benzene rings is 2. The van der Waals surface area contributed by atoms with Crippen LogP contribution in [0.25, 0.3) is 22.4 Å². The van der Waals surface area contributed by atoms with Gasteiger partial charge in [-0.05, 0) is 29.8 Å². The number of pyridine rings is 1. The maximum Gasteiger partial charge on any atom is 0.0800 e. The molecule has 0 amide bonds. The number of halogens is 6. The van der Waals surface area contributed by atoms with Gasteiger partial charge in [-0.3, -0.25) is 4.98 Å². The Labute approximate surface area is 180 Å². The van der Waals surface area contributed by atoms with E-state index < -0.39 is 0 Å². The predicted octanol–water partition coefficient (Wildman–Crippen LogP) is 7.83. The second-order valence-corrected chi connectivity index (χ2v) is 7.62. The van der Waals surface area contributed by atoms with Crippen molar-refractivity contribution in [3.05, 3.63) is 72.2 Å². The summed E-state index contributed by atoms with van der Waals surface area (Å²) in [7, 11) is 0. The van der Waals surface area contributed by atoms with Crippen LogP contribution in [-0.2, 0) is 6.61 Å². The molecular weight excluding hydrogens is 459 g/mol. The van der Waals surface area contributed by atoms with E-state index in [9.17, 15) is 5.11 Å². The molecule has 3 aromatic rings. The first-order valence-corrected chi connectivity index (χ1v) is 9.50. The fourth-order valence-corrected chi connectivity index (χ4v) is 3.82. The summed E-state index contributed by atoms with van der Waals surface area (Å²) in [5, 5.41) is 11.4. The van der Waals surface area contributed by atoms with E-state index in [2.05, 4.69) is 4.98 Å². The lowest BCUT2D eigenvalue weighted by Crippen LogP contribution is -1.98. The molecule has 0 unspecified atom stereocenters. The maximum atomic E-state index is 9.82. The summed E-state index contributed by atoms with van der Waals surface area (Å²) in [6, 6.07) is 8.35. The van der Waals surface area contributed by atoms with Crippen LogP contribution in [0.5, 0.6) is 0 Å². The second kappa shape index (κ2) is 8.12. The molecule has 0 atom stereocenters. The van der Waals surface area contributed by atoms with Gasteiger partial charge >= 0.3 is 0 Å². The van der Waals surface area contributed by atoms with Gasteiger partial charge in [-0.2, -0.15) is 0 Å². The topological polar surface area (TPSA) is 33.1 Å². The van der Waals surface area contributed by atoms with Crippen LogP contribution in [0.1, 0.15) is 5.56 Å². The zero-order valence-electron chi connectivity index (χ0n) is 12.8. The lowest BCUT2D eigenvalue weighted by Gasteiger charge is -2.17. The molecule has 0 radical (unpaired) electrons. The Balaban J connectivity index is 2.38. The van der Waals surface area contributed by atoms with Crippen molar-refractivity contribution >= 4 is 69.6 Å². The van der Waals surface area contributed by atoms with Gasteiger partial charge in [0.25, 0.3) is 0 Å². The van der Waals surface area contributed by atoms with Gasteiger partial charge in [0, 0.05) is 22.9 Å². The van der Waals surface area contributed by atoms with Crippen LogP contribution in [-0.4, -0.2) is 10.1 Å². The fourth-order valence-electron chi connectivity index (χ4n) is 2.57. The molecule has 134 valence electrons. The zero-order chi connectivity index (χ0) is 19.0. The average Bonchev–Trinajstić information content (AvgIpc) is 2.64. The Morgan fingerprint density at radius 1 is 0.692 bits per heavy atom. The van der Waals surface area contributed by atoms with Crippen LogP contribution in [0, 0.1) is 0 Å². The third-order valence-electron chi connectivity index (χ3n) is 3.80. The molecule has 0 aliphatic heterocycles. The van der Waals surface area contributed by atoms with Crippen molar-refractivity contribution in [1.82, 2.24) is 4.98 Å². The van der Waals surface area contributed by atoms with Crippen molar-refractivity contribution < 1.29 is 5.11 Å². The third-order valence-corrected chi connectivity index (χ3v) is 6.39. The highest BCUT2D eigenvalue weighted by Gasteiger charge is 2.21. The summed E-state index contributed by atoms with van der Waals surface area (Å²) in [6.45, 7) is -0.236. The molecule has 2 nitrogen and oxygen atoms in total.